The molecule has 1 rings (SSSR count). The Labute approximate surface area is 126 Å². The maximum atomic E-state index is 11.5. The van der Waals surface area contributed by atoms with Crippen LogP contribution in [0.2, 0.25) is 0 Å². The van der Waals surface area contributed by atoms with Crippen molar-refractivity contribution in [3.05, 3.63) is 39.9 Å². The third kappa shape index (κ3) is 4.27. The van der Waals surface area contributed by atoms with Crippen LogP contribution in [-0.2, 0) is 20.2 Å². The minimum absolute atomic E-state index is 0.141. The number of carbonyl (C=O) groups excluding carboxylic acids is 3. The topological polar surface area (TPSA) is 130 Å². The van der Waals surface area contributed by atoms with Gasteiger partial charge in [-0.1, -0.05) is 12.1 Å². The van der Waals surface area contributed by atoms with Crippen molar-refractivity contribution in [3.63, 3.8) is 0 Å². The number of nitrogens with one attached hydrogen (secondary N) is 3. The van der Waals surface area contributed by atoms with Gasteiger partial charge in [0.2, 0.25) is 23.5 Å². The van der Waals surface area contributed by atoms with Gasteiger partial charge in [-0.05, 0) is 0 Å². The highest BCUT2D eigenvalue weighted by atomic mass is 16.6. The number of hydrogen-bond donors (Lipinski definition) is 3. The molecule has 9 nitrogen and oxygen atoms in total. The minimum atomic E-state index is -1.77. The van der Waals surface area contributed by atoms with E-state index in [2.05, 4.69) is 16.0 Å². The first kappa shape index (κ1) is 17.1. The monoisotopic (exact) mass is 308 g/mol. The molecule has 0 atom stereocenters. The maximum absolute atomic E-state index is 11.5. The molecule has 3 amide bonds. The summed E-state index contributed by atoms with van der Waals surface area (Å²) in [5, 5.41) is 18.1. The molecule has 9 heteroatoms. The zero-order valence-electron chi connectivity index (χ0n) is 12.3. The number of nitrogens with zero attached hydrogens (tertiary/aromatic N) is 1. The van der Waals surface area contributed by atoms with Gasteiger partial charge in [0.25, 0.3) is 5.69 Å². The SMILES string of the molecule is CC(=O)NC(NC(C)=O)(NC(C)=O)c1cccc([N+](=O)[O-])c1. The van der Waals surface area contributed by atoms with Gasteiger partial charge in [-0.3, -0.25) is 24.5 Å². The average molecular weight is 308 g/mol. The van der Waals surface area contributed by atoms with E-state index in [1.165, 1.54) is 39.0 Å². The molecule has 22 heavy (non-hydrogen) atoms. The normalized spacial score (nSPS) is 10.5. The molecule has 0 aliphatic carbocycles. The molecular weight excluding hydrogens is 292 g/mol. The lowest BCUT2D eigenvalue weighted by Crippen LogP contribution is -2.66. The second kappa shape index (κ2) is 6.66. The summed E-state index contributed by atoms with van der Waals surface area (Å²) in [6.45, 7) is 3.57. The van der Waals surface area contributed by atoms with E-state index in [0.29, 0.717) is 0 Å². The summed E-state index contributed by atoms with van der Waals surface area (Å²) in [4.78, 5) is 44.7. The number of nitro groups is 1. The van der Waals surface area contributed by atoms with Gasteiger partial charge in [-0.25, -0.2) is 0 Å². The van der Waals surface area contributed by atoms with Crippen LogP contribution in [0.1, 0.15) is 26.3 Å². The van der Waals surface area contributed by atoms with Crippen LogP contribution < -0.4 is 16.0 Å². The molecule has 1 aromatic rings. The number of rotatable bonds is 5. The van der Waals surface area contributed by atoms with Gasteiger partial charge in [-0.15, -0.1) is 0 Å². The van der Waals surface area contributed by atoms with Crippen LogP contribution in [0.15, 0.2) is 24.3 Å². The Kier molecular flexibility index (Phi) is 5.17. The summed E-state index contributed by atoms with van der Waals surface area (Å²) in [7, 11) is 0. The van der Waals surface area contributed by atoms with Crippen molar-refractivity contribution in [3.8, 4) is 0 Å². The summed E-state index contributed by atoms with van der Waals surface area (Å²) < 4.78 is 0. The van der Waals surface area contributed by atoms with Crippen molar-refractivity contribution in [2.45, 2.75) is 26.6 Å². The molecule has 0 radical (unpaired) electrons. The summed E-state index contributed by atoms with van der Waals surface area (Å²) in [6, 6.07) is 5.23. The molecule has 0 saturated carbocycles. The average Bonchev–Trinajstić information content (AvgIpc) is 2.36. The second-order valence-electron chi connectivity index (χ2n) is 4.60. The van der Waals surface area contributed by atoms with Gasteiger partial charge in [0.05, 0.1) is 4.92 Å². The lowest BCUT2D eigenvalue weighted by atomic mass is 10.1. The highest BCUT2D eigenvalue weighted by Gasteiger charge is 2.36. The van der Waals surface area contributed by atoms with Gasteiger partial charge in [-0.2, -0.15) is 0 Å². The van der Waals surface area contributed by atoms with E-state index in [0.717, 1.165) is 6.07 Å². The molecule has 0 aliphatic heterocycles. The molecule has 0 aromatic heterocycles. The van der Waals surface area contributed by atoms with Gasteiger partial charge in [0.1, 0.15) is 0 Å². The lowest BCUT2D eigenvalue weighted by Gasteiger charge is -2.35. The van der Waals surface area contributed by atoms with Gasteiger partial charge in [0.15, 0.2) is 0 Å². The molecular formula is C13H16N4O5. The first-order chi connectivity index (χ1) is 10.2. The van der Waals surface area contributed by atoms with Crippen LogP contribution in [0.25, 0.3) is 0 Å². The predicted octanol–water partition coefficient (Wildman–Crippen LogP) is 0.113. The number of amides is 3. The molecule has 3 N–H and O–H groups in total. The van der Waals surface area contributed by atoms with Crippen LogP contribution in [0, 0.1) is 10.1 Å². The largest absolute Gasteiger partial charge is 0.313 e. The quantitative estimate of drug-likeness (QED) is 0.404. The first-order valence-corrected chi connectivity index (χ1v) is 6.27. The van der Waals surface area contributed by atoms with Crippen LogP contribution in [-0.4, -0.2) is 22.6 Å². The predicted molar refractivity (Wildman–Crippen MR) is 76.2 cm³/mol. The number of benzene rings is 1. The number of nitro benzene ring substituents is 1. The van der Waals surface area contributed by atoms with Crippen molar-refractivity contribution in [2.24, 2.45) is 0 Å². The van der Waals surface area contributed by atoms with Crippen LogP contribution >= 0.6 is 0 Å². The van der Waals surface area contributed by atoms with Crippen LogP contribution in [0.4, 0.5) is 5.69 Å². The van der Waals surface area contributed by atoms with Crippen molar-refractivity contribution < 1.29 is 19.3 Å². The fourth-order valence-electron chi connectivity index (χ4n) is 1.96. The third-order valence-corrected chi connectivity index (χ3v) is 2.58. The van der Waals surface area contributed by atoms with E-state index in [9.17, 15) is 24.5 Å². The summed E-state index contributed by atoms with van der Waals surface area (Å²) in [5.41, 5.74) is -0.106. The lowest BCUT2D eigenvalue weighted by molar-refractivity contribution is -0.385. The molecule has 118 valence electrons. The van der Waals surface area contributed by atoms with Gasteiger partial charge >= 0.3 is 0 Å². The Hall–Kier alpha value is -2.97. The highest BCUT2D eigenvalue weighted by molar-refractivity contribution is 5.81. The number of non-ortho nitro benzene ring substituents is 1. The highest BCUT2D eigenvalue weighted by Crippen LogP contribution is 2.21. The zero-order valence-corrected chi connectivity index (χ0v) is 12.3. The van der Waals surface area contributed by atoms with Gasteiger partial charge in [0, 0.05) is 38.5 Å². The van der Waals surface area contributed by atoms with E-state index < -0.39 is 28.4 Å². The van der Waals surface area contributed by atoms with E-state index in [1.807, 2.05) is 0 Å². The molecule has 0 bridgehead atoms. The summed E-state index contributed by atoms with van der Waals surface area (Å²) in [6.07, 6.45) is 0. The van der Waals surface area contributed by atoms with Crippen LogP contribution in [0.3, 0.4) is 0 Å². The number of carbonyl (C=O) groups is 3. The van der Waals surface area contributed by atoms with Gasteiger partial charge < -0.3 is 16.0 Å². The summed E-state index contributed by atoms with van der Waals surface area (Å²) in [5.74, 6) is -3.41. The molecule has 1 aromatic carbocycles. The maximum Gasteiger partial charge on any atom is 0.269 e. The van der Waals surface area contributed by atoms with E-state index >= 15 is 0 Å². The Balaban J connectivity index is 3.47. The van der Waals surface area contributed by atoms with Crippen molar-refractivity contribution in [1.82, 2.24) is 16.0 Å². The molecule has 0 heterocycles. The number of hydrogen-bond acceptors (Lipinski definition) is 5. The molecule has 0 spiro atoms. The Morgan fingerprint density at radius 2 is 1.45 bits per heavy atom. The Bertz CT molecular complexity index is 588. The zero-order chi connectivity index (χ0) is 16.9. The summed E-state index contributed by atoms with van der Waals surface area (Å²) >= 11 is 0. The second-order valence-corrected chi connectivity index (χ2v) is 4.60. The standard InChI is InChI=1S/C13H16N4O5/c1-8(18)14-13(15-9(2)19,16-10(3)20)11-5-4-6-12(7-11)17(21)22/h4-7H,1-3H3,(H,14,18)(H,15,19)(H,16,20). The van der Waals surface area contributed by atoms with E-state index in [4.69, 9.17) is 0 Å². The Morgan fingerprint density at radius 3 is 1.82 bits per heavy atom. The Morgan fingerprint density at radius 1 is 1.00 bits per heavy atom. The van der Waals surface area contributed by atoms with Crippen molar-refractivity contribution in [2.75, 3.05) is 0 Å². The molecule has 0 saturated heterocycles. The van der Waals surface area contributed by atoms with E-state index in [-0.39, 0.29) is 11.3 Å². The minimum Gasteiger partial charge on any atom is -0.313 e. The van der Waals surface area contributed by atoms with Crippen LogP contribution in [0.5, 0.6) is 0 Å². The molecule has 0 unspecified atom stereocenters. The fraction of sp³-hybridized carbons (Fsp3) is 0.308. The smallest absolute Gasteiger partial charge is 0.269 e. The third-order valence-electron chi connectivity index (χ3n) is 2.58. The van der Waals surface area contributed by atoms with E-state index in [1.54, 1.807) is 0 Å². The molecule has 0 fully saturated rings. The first-order valence-electron chi connectivity index (χ1n) is 6.27. The fourth-order valence-corrected chi connectivity index (χ4v) is 1.96. The van der Waals surface area contributed by atoms with Crippen molar-refractivity contribution in [1.29, 1.82) is 0 Å². The molecule has 0 aliphatic rings. The van der Waals surface area contributed by atoms with Crippen molar-refractivity contribution >= 4 is 23.4 Å².